The first-order chi connectivity index (χ1) is 15.5. The summed E-state index contributed by atoms with van der Waals surface area (Å²) in [6.07, 6.45) is 6.66. The summed E-state index contributed by atoms with van der Waals surface area (Å²) < 4.78 is 5.13. The monoisotopic (exact) mass is 511 g/mol. The lowest BCUT2D eigenvalue weighted by Gasteiger charge is -2.37. The van der Waals surface area contributed by atoms with E-state index in [4.69, 9.17) is 40.2 Å². The van der Waals surface area contributed by atoms with Gasteiger partial charge in [0.2, 0.25) is 0 Å². The molecule has 1 saturated heterocycles. The van der Waals surface area contributed by atoms with Crippen molar-refractivity contribution in [3.05, 3.63) is 44.2 Å². The van der Waals surface area contributed by atoms with E-state index in [-0.39, 0.29) is 5.97 Å². The van der Waals surface area contributed by atoms with Gasteiger partial charge in [0.05, 0.1) is 22.7 Å². The van der Waals surface area contributed by atoms with Crippen LogP contribution in [0.4, 0.5) is 10.7 Å². The standard InChI is InChI=1S/C23H27Cl2N3O2S2/c1-30-22(29)20-16-6-4-2-3-5-7-19(16)32-21(20)26-23(31)28-12-10-27(11-13-28)15-8-9-17(24)18(25)14-15/h8-9,14H,2-7,10-13H2,1H3,(H,26,31). The quantitative estimate of drug-likeness (QED) is 0.401. The van der Waals surface area contributed by atoms with Gasteiger partial charge in [0.25, 0.3) is 0 Å². The zero-order valence-electron chi connectivity index (χ0n) is 18.1. The minimum absolute atomic E-state index is 0.280. The van der Waals surface area contributed by atoms with Crippen molar-refractivity contribution >= 4 is 68.5 Å². The molecule has 32 heavy (non-hydrogen) atoms. The molecule has 0 saturated carbocycles. The summed E-state index contributed by atoms with van der Waals surface area (Å²) in [4.78, 5) is 18.4. The number of anilines is 2. The van der Waals surface area contributed by atoms with E-state index < -0.39 is 0 Å². The molecule has 0 spiro atoms. The van der Waals surface area contributed by atoms with Crippen LogP contribution in [0.2, 0.25) is 10.0 Å². The second-order valence-corrected chi connectivity index (χ2v) is 10.4. The molecule has 172 valence electrons. The third-order valence-corrected chi connectivity index (χ3v) is 8.42. The van der Waals surface area contributed by atoms with Crippen molar-refractivity contribution in [2.45, 2.75) is 38.5 Å². The summed E-state index contributed by atoms with van der Waals surface area (Å²) in [5, 5.41) is 5.98. The number of methoxy groups -OCH3 is 1. The largest absolute Gasteiger partial charge is 0.465 e. The number of rotatable bonds is 3. The third kappa shape index (κ3) is 5.16. The number of hydrogen-bond donors (Lipinski definition) is 1. The van der Waals surface area contributed by atoms with Crippen LogP contribution in [0.5, 0.6) is 0 Å². The van der Waals surface area contributed by atoms with Crippen LogP contribution in [0.15, 0.2) is 18.2 Å². The number of carbonyl (C=O) groups excluding carboxylic acids is 1. The van der Waals surface area contributed by atoms with Gasteiger partial charge in [0.1, 0.15) is 5.00 Å². The van der Waals surface area contributed by atoms with Gasteiger partial charge in [0.15, 0.2) is 5.11 Å². The van der Waals surface area contributed by atoms with E-state index in [1.807, 2.05) is 18.2 Å². The summed E-state index contributed by atoms with van der Waals surface area (Å²) in [6, 6.07) is 5.72. The molecular formula is C23H27Cl2N3O2S2. The molecule has 2 aliphatic rings. The molecule has 9 heteroatoms. The van der Waals surface area contributed by atoms with Gasteiger partial charge in [-0.2, -0.15) is 0 Å². The lowest BCUT2D eigenvalue weighted by Crippen LogP contribution is -2.50. The summed E-state index contributed by atoms with van der Waals surface area (Å²) in [6.45, 7) is 3.21. The van der Waals surface area contributed by atoms with Crippen LogP contribution in [-0.4, -0.2) is 49.3 Å². The van der Waals surface area contributed by atoms with Crippen molar-refractivity contribution in [2.24, 2.45) is 0 Å². The average Bonchev–Trinajstić information content (AvgIpc) is 3.11. The normalized spacial score (nSPS) is 16.7. The molecule has 5 nitrogen and oxygen atoms in total. The first-order valence-corrected chi connectivity index (χ1v) is 12.9. The zero-order valence-corrected chi connectivity index (χ0v) is 21.2. The highest BCUT2D eigenvalue weighted by atomic mass is 35.5. The first-order valence-electron chi connectivity index (χ1n) is 11.0. The van der Waals surface area contributed by atoms with Crippen molar-refractivity contribution in [1.82, 2.24) is 4.90 Å². The molecule has 0 atom stereocenters. The molecule has 2 aromatic rings. The van der Waals surface area contributed by atoms with E-state index in [0.29, 0.717) is 20.7 Å². The molecule has 2 heterocycles. The highest BCUT2D eigenvalue weighted by Gasteiger charge is 2.27. The fourth-order valence-electron chi connectivity index (χ4n) is 4.35. The fraction of sp³-hybridized carbons (Fsp3) is 0.478. The van der Waals surface area contributed by atoms with Crippen LogP contribution in [0.3, 0.4) is 0 Å². The van der Waals surface area contributed by atoms with Gasteiger partial charge in [-0.3, -0.25) is 0 Å². The van der Waals surface area contributed by atoms with Gasteiger partial charge >= 0.3 is 5.97 Å². The maximum absolute atomic E-state index is 12.6. The SMILES string of the molecule is COC(=O)c1c(NC(=S)N2CCN(c3ccc(Cl)c(Cl)c3)CC2)sc2c1CCCCCC2. The van der Waals surface area contributed by atoms with Gasteiger partial charge in [-0.15, -0.1) is 11.3 Å². The topological polar surface area (TPSA) is 44.8 Å². The number of fused-ring (bicyclic) bond motifs is 1. The second kappa shape index (κ2) is 10.6. The number of nitrogens with zero attached hydrogens (tertiary/aromatic N) is 2. The van der Waals surface area contributed by atoms with Crippen LogP contribution < -0.4 is 10.2 Å². The number of halogens is 2. The highest BCUT2D eigenvalue weighted by Crippen LogP contribution is 2.38. The molecule has 1 aliphatic carbocycles. The molecular weight excluding hydrogens is 485 g/mol. The molecule has 1 aliphatic heterocycles. The molecule has 0 amide bonds. The number of carbonyl (C=O) groups is 1. The smallest absolute Gasteiger partial charge is 0.341 e. The minimum Gasteiger partial charge on any atom is -0.465 e. The predicted molar refractivity (Wildman–Crippen MR) is 138 cm³/mol. The van der Waals surface area contributed by atoms with E-state index in [9.17, 15) is 4.79 Å². The molecule has 1 aromatic heterocycles. The maximum Gasteiger partial charge on any atom is 0.341 e. The average molecular weight is 513 g/mol. The summed E-state index contributed by atoms with van der Waals surface area (Å²) in [5.41, 5.74) is 2.88. The van der Waals surface area contributed by atoms with Crippen LogP contribution in [-0.2, 0) is 17.6 Å². The van der Waals surface area contributed by atoms with Gasteiger partial charge in [-0.1, -0.05) is 36.0 Å². The van der Waals surface area contributed by atoms with Gasteiger partial charge in [-0.25, -0.2) is 4.79 Å². The third-order valence-electron chi connectivity index (χ3n) is 6.12. The van der Waals surface area contributed by atoms with E-state index in [1.165, 1.54) is 24.8 Å². The van der Waals surface area contributed by atoms with Crippen molar-refractivity contribution in [3.8, 4) is 0 Å². The van der Waals surface area contributed by atoms with Crippen LogP contribution in [0, 0.1) is 0 Å². The van der Waals surface area contributed by atoms with E-state index in [1.54, 1.807) is 11.3 Å². The van der Waals surface area contributed by atoms with Crippen molar-refractivity contribution in [3.63, 3.8) is 0 Å². The van der Waals surface area contributed by atoms with Crippen molar-refractivity contribution in [1.29, 1.82) is 0 Å². The zero-order chi connectivity index (χ0) is 22.7. The lowest BCUT2D eigenvalue weighted by atomic mass is 9.96. The summed E-state index contributed by atoms with van der Waals surface area (Å²) in [7, 11) is 1.44. The Kier molecular flexibility index (Phi) is 7.82. The Bertz CT molecular complexity index is 1000. The van der Waals surface area contributed by atoms with Crippen molar-refractivity contribution < 1.29 is 9.53 Å². The number of ether oxygens (including phenoxy) is 1. The van der Waals surface area contributed by atoms with E-state index in [0.717, 1.165) is 68.1 Å². The number of piperazine rings is 1. The fourth-order valence-corrected chi connectivity index (χ4v) is 6.27. The number of thiocarbonyl (C=S) groups is 1. The van der Waals surface area contributed by atoms with Gasteiger partial charge in [-0.05, 0) is 61.7 Å². The van der Waals surface area contributed by atoms with Gasteiger partial charge < -0.3 is 19.9 Å². The highest BCUT2D eigenvalue weighted by molar-refractivity contribution is 7.80. The molecule has 0 bridgehead atoms. The number of thiophene rings is 1. The maximum atomic E-state index is 12.6. The Morgan fingerprint density at radius 3 is 2.47 bits per heavy atom. The Hall–Kier alpha value is -1.54. The number of hydrogen-bond acceptors (Lipinski definition) is 5. The lowest BCUT2D eigenvalue weighted by molar-refractivity contribution is 0.0601. The second-order valence-electron chi connectivity index (χ2n) is 8.12. The minimum atomic E-state index is -0.280. The Labute approximate surface area is 208 Å². The van der Waals surface area contributed by atoms with Crippen molar-refractivity contribution in [2.75, 3.05) is 43.5 Å². The first kappa shape index (κ1) is 23.6. The molecule has 0 unspecified atom stereocenters. The number of benzene rings is 1. The number of esters is 1. The molecule has 4 rings (SSSR count). The van der Waals surface area contributed by atoms with Crippen LogP contribution in [0.25, 0.3) is 0 Å². The molecule has 1 aromatic carbocycles. The Balaban J connectivity index is 1.45. The van der Waals surface area contributed by atoms with E-state index in [2.05, 4.69) is 15.1 Å². The molecule has 0 radical (unpaired) electrons. The summed E-state index contributed by atoms with van der Waals surface area (Å²) >= 11 is 19.6. The Morgan fingerprint density at radius 2 is 1.78 bits per heavy atom. The predicted octanol–water partition coefficient (Wildman–Crippen LogP) is 6.02. The Morgan fingerprint density at radius 1 is 1.06 bits per heavy atom. The van der Waals surface area contributed by atoms with Crippen LogP contribution in [0.1, 0.15) is 46.5 Å². The number of aryl methyl sites for hydroxylation is 1. The summed E-state index contributed by atoms with van der Waals surface area (Å²) in [5.74, 6) is -0.280. The molecule has 1 N–H and O–H groups in total. The number of nitrogens with one attached hydrogen (secondary N) is 1. The van der Waals surface area contributed by atoms with Gasteiger partial charge in [0, 0.05) is 36.7 Å². The van der Waals surface area contributed by atoms with Crippen LogP contribution >= 0.6 is 46.8 Å². The molecule has 1 fully saturated rings. The van der Waals surface area contributed by atoms with E-state index >= 15 is 0 Å².